The molecule has 0 heterocycles. The third kappa shape index (κ3) is 3.70. The molecule has 0 saturated heterocycles. The number of halogens is 2. The van der Waals surface area contributed by atoms with Crippen LogP contribution < -0.4 is 0 Å². The highest BCUT2D eigenvalue weighted by Gasteiger charge is 2.23. The molecule has 0 aliphatic carbocycles. The Morgan fingerprint density at radius 2 is 1.89 bits per heavy atom. The van der Waals surface area contributed by atoms with Crippen molar-refractivity contribution >= 4 is 35.0 Å². The van der Waals surface area contributed by atoms with Crippen molar-refractivity contribution in [1.82, 2.24) is 0 Å². The molecule has 0 aromatic heterocycles. The van der Waals surface area contributed by atoms with Gasteiger partial charge in [-0.15, -0.1) is 0 Å². The second-order valence-corrected chi connectivity index (χ2v) is 4.31. The monoisotopic (exact) mass is 290 g/mol. The van der Waals surface area contributed by atoms with Crippen LogP contribution in [0, 0.1) is 0 Å². The Labute approximate surface area is 114 Å². The van der Waals surface area contributed by atoms with Gasteiger partial charge in [-0.25, -0.2) is 4.79 Å². The summed E-state index contributed by atoms with van der Waals surface area (Å²) in [5.74, 6) is -1.35. The predicted molar refractivity (Wildman–Crippen MR) is 68.0 cm³/mol. The maximum absolute atomic E-state index is 11.9. The molecule has 6 heteroatoms. The number of carbonyl (C=O) groups excluding carboxylic acids is 2. The Bertz CT molecular complexity index is 439. The highest BCUT2D eigenvalue weighted by Crippen LogP contribution is 2.26. The first-order chi connectivity index (χ1) is 8.47. The van der Waals surface area contributed by atoms with E-state index in [9.17, 15) is 14.7 Å². The van der Waals surface area contributed by atoms with Crippen molar-refractivity contribution in [2.45, 2.75) is 19.4 Å². The Morgan fingerprint density at radius 3 is 2.39 bits per heavy atom. The second-order valence-electron chi connectivity index (χ2n) is 3.49. The van der Waals surface area contributed by atoms with Crippen LogP contribution in [-0.4, -0.2) is 29.6 Å². The third-order valence-electron chi connectivity index (χ3n) is 2.18. The van der Waals surface area contributed by atoms with Crippen LogP contribution in [0.25, 0.3) is 0 Å². The molecule has 1 aromatic rings. The van der Waals surface area contributed by atoms with Crippen molar-refractivity contribution in [2.75, 3.05) is 6.61 Å². The minimum Gasteiger partial charge on any atom is -0.464 e. The summed E-state index contributed by atoms with van der Waals surface area (Å²) in [5.41, 5.74) is 0.101. The third-order valence-corrected chi connectivity index (χ3v) is 2.81. The van der Waals surface area contributed by atoms with E-state index in [4.69, 9.17) is 23.2 Å². The van der Waals surface area contributed by atoms with Gasteiger partial charge in [0.1, 0.15) is 0 Å². The number of Topliss-reactive ketones (excluding diaryl/α,β-unsaturated/α-hetero) is 1. The number of ketones is 1. The van der Waals surface area contributed by atoms with Crippen LogP contribution in [-0.2, 0) is 9.53 Å². The molecule has 1 N–H and O–H groups in total. The normalized spacial score (nSPS) is 12.0. The molecule has 0 bridgehead atoms. The van der Waals surface area contributed by atoms with Crippen LogP contribution in [0.2, 0.25) is 10.0 Å². The molecular weight excluding hydrogens is 279 g/mol. The van der Waals surface area contributed by atoms with Gasteiger partial charge in [-0.2, -0.15) is 0 Å². The van der Waals surface area contributed by atoms with E-state index in [-0.39, 0.29) is 22.2 Å². The van der Waals surface area contributed by atoms with Crippen LogP contribution in [0.1, 0.15) is 23.7 Å². The molecule has 0 amide bonds. The summed E-state index contributed by atoms with van der Waals surface area (Å²) in [6.07, 6.45) is -1.92. The first-order valence-corrected chi connectivity index (χ1v) is 6.04. The first kappa shape index (κ1) is 15.0. The standard InChI is InChI=1S/C12H12Cl2O4/c1-2-18-12(17)10(16)6-9(15)11-7(13)4-3-5-8(11)14/h3-5,10,16H,2,6H2,1H3/t10-/m0/s1. The van der Waals surface area contributed by atoms with Gasteiger partial charge < -0.3 is 9.84 Å². The van der Waals surface area contributed by atoms with Gasteiger partial charge in [0, 0.05) is 6.42 Å². The number of benzene rings is 1. The van der Waals surface area contributed by atoms with Gasteiger partial charge in [0.15, 0.2) is 11.9 Å². The summed E-state index contributed by atoms with van der Waals surface area (Å²) in [4.78, 5) is 23.1. The summed E-state index contributed by atoms with van der Waals surface area (Å²) < 4.78 is 4.59. The molecule has 98 valence electrons. The van der Waals surface area contributed by atoms with Gasteiger partial charge in [0.2, 0.25) is 0 Å². The quantitative estimate of drug-likeness (QED) is 0.668. The van der Waals surface area contributed by atoms with Crippen molar-refractivity contribution in [1.29, 1.82) is 0 Å². The van der Waals surface area contributed by atoms with E-state index in [0.717, 1.165) is 0 Å². The lowest BCUT2D eigenvalue weighted by molar-refractivity contribution is -0.152. The molecule has 0 saturated carbocycles. The SMILES string of the molecule is CCOC(=O)[C@@H](O)CC(=O)c1c(Cl)cccc1Cl. The summed E-state index contributed by atoms with van der Waals surface area (Å²) in [6.45, 7) is 1.74. The van der Waals surface area contributed by atoms with E-state index < -0.39 is 24.3 Å². The maximum atomic E-state index is 11.9. The Morgan fingerprint density at radius 1 is 1.33 bits per heavy atom. The number of carbonyl (C=O) groups is 2. The first-order valence-electron chi connectivity index (χ1n) is 5.29. The average molecular weight is 291 g/mol. The topological polar surface area (TPSA) is 63.6 Å². The second kappa shape index (κ2) is 6.73. The van der Waals surface area contributed by atoms with E-state index in [0.29, 0.717) is 0 Å². The lowest BCUT2D eigenvalue weighted by Crippen LogP contribution is -2.26. The molecule has 0 aliphatic heterocycles. The molecule has 4 nitrogen and oxygen atoms in total. The van der Waals surface area contributed by atoms with Crippen molar-refractivity contribution in [3.63, 3.8) is 0 Å². The van der Waals surface area contributed by atoms with Gasteiger partial charge in [-0.1, -0.05) is 29.3 Å². The molecule has 0 aliphatic rings. The Hall–Kier alpha value is -1.10. The molecule has 0 unspecified atom stereocenters. The summed E-state index contributed by atoms with van der Waals surface area (Å²) in [6, 6.07) is 4.62. The van der Waals surface area contributed by atoms with Crippen molar-refractivity contribution in [3.8, 4) is 0 Å². The Kier molecular flexibility index (Phi) is 5.59. The van der Waals surface area contributed by atoms with Gasteiger partial charge in [-0.05, 0) is 19.1 Å². The van der Waals surface area contributed by atoms with Gasteiger partial charge in [0.25, 0.3) is 0 Å². The van der Waals surface area contributed by atoms with Crippen molar-refractivity contribution in [2.24, 2.45) is 0 Å². The maximum Gasteiger partial charge on any atom is 0.335 e. The fourth-order valence-corrected chi connectivity index (χ4v) is 1.97. The van der Waals surface area contributed by atoms with Crippen LogP contribution in [0.15, 0.2) is 18.2 Å². The predicted octanol–water partition coefficient (Wildman–Crippen LogP) is 2.49. The number of hydrogen-bond acceptors (Lipinski definition) is 4. The minimum absolute atomic E-state index is 0.101. The van der Waals surface area contributed by atoms with Gasteiger partial charge >= 0.3 is 5.97 Å². The van der Waals surface area contributed by atoms with E-state index in [1.165, 1.54) is 12.1 Å². The van der Waals surface area contributed by atoms with E-state index in [2.05, 4.69) is 4.74 Å². The van der Waals surface area contributed by atoms with E-state index >= 15 is 0 Å². The van der Waals surface area contributed by atoms with E-state index in [1.807, 2.05) is 0 Å². The number of ether oxygens (including phenoxy) is 1. The molecule has 1 rings (SSSR count). The average Bonchev–Trinajstić information content (AvgIpc) is 2.28. The molecule has 0 radical (unpaired) electrons. The highest BCUT2D eigenvalue weighted by atomic mass is 35.5. The number of esters is 1. The van der Waals surface area contributed by atoms with Crippen molar-refractivity contribution < 1.29 is 19.4 Å². The number of hydrogen-bond donors (Lipinski definition) is 1. The fraction of sp³-hybridized carbons (Fsp3) is 0.333. The zero-order valence-electron chi connectivity index (χ0n) is 9.65. The highest BCUT2D eigenvalue weighted by molar-refractivity contribution is 6.39. The minimum atomic E-state index is -1.51. The molecule has 0 spiro atoms. The number of aliphatic hydroxyl groups excluding tert-OH is 1. The number of aliphatic hydroxyl groups is 1. The van der Waals surface area contributed by atoms with Crippen LogP contribution in [0.3, 0.4) is 0 Å². The zero-order chi connectivity index (χ0) is 13.7. The lowest BCUT2D eigenvalue weighted by Gasteiger charge is -2.10. The number of rotatable bonds is 5. The zero-order valence-corrected chi connectivity index (χ0v) is 11.2. The van der Waals surface area contributed by atoms with Crippen molar-refractivity contribution in [3.05, 3.63) is 33.8 Å². The van der Waals surface area contributed by atoms with Gasteiger partial charge in [-0.3, -0.25) is 4.79 Å². The molecule has 1 aromatic carbocycles. The smallest absolute Gasteiger partial charge is 0.335 e. The molecule has 18 heavy (non-hydrogen) atoms. The largest absolute Gasteiger partial charge is 0.464 e. The van der Waals surface area contributed by atoms with Gasteiger partial charge in [0.05, 0.1) is 22.2 Å². The lowest BCUT2D eigenvalue weighted by atomic mass is 10.1. The Balaban J connectivity index is 2.80. The summed E-state index contributed by atoms with van der Waals surface area (Å²) >= 11 is 11.7. The van der Waals surface area contributed by atoms with Crippen LogP contribution in [0.5, 0.6) is 0 Å². The summed E-state index contributed by atoms with van der Waals surface area (Å²) in [7, 11) is 0. The van der Waals surface area contributed by atoms with E-state index in [1.54, 1.807) is 13.0 Å². The fourth-order valence-electron chi connectivity index (χ4n) is 1.36. The van der Waals surface area contributed by atoms with Crippen LogP contribution >= 0.6 is 23.2 Å². The summed E-state index contributed by atoms with van der Waals surface area (Å²) in [5, 5.41) is 9.85. The molecule has 0 fully saturated rings. The van der Waals surface area contributed by atoms with Crippen LogP contribution in [0.4, 0.5) is 0 Å². The molecule has 1 atom stereocenters. The molecular formula is C12H12Cl2O4.